The minimum Gasteiger partial charge on any atom is -0.365 e. The first kappa shape index (κ1) is 16.2. The average molecular weight is 348 g/mol. The number of nitrogens with two attached hydrogens (primary N) is 1. The quantitative estimate of drug-likeness (QED) is 0.855. The van der Waals surface area contributed by atoms with E-state index in [0.717, 1.165) is 24.8 Å². The lowest BCUT2D eigenvalue weighted by atomic mass is 9.84. The molecule has 1 aliphatic carbocycles. The molecule has 0 saturated heterocycles. The van der Waals surface area contributed by atoms with Crippen LogP contribution in [0.25, 0.3) is 0 Å². The molecule has 0 radical (unpaired) electrons. The van der Waals surface area contributed by atoms with Gasteiger partial charge in [-0.2, -0.15) is 0 Å². The molecule has 3 N–H and O–H groups in total. The summed E-state index contributed by atoms with van der Waals surface area (Å²) in [5.41, 5.74) is 7.16. The van der Waals surface area contributed by atoms with Crippen LogP contribution >= 0.6 is 22.7 Å². The summed E-state index contributed by atoms with van der Waals surface area (Å²) in [6.45, 7) is 2.20. The van der Waals surface area contributed by atoms with Gasteiger partial charge in [-0.25, -0.2) is 0 Å². The van der Waals surface area contributed by atoms with E-state index in [1.165, 1.54) is 40.4 Å². The van der Waals surface area contributed by atoms with Crippen LogP contribution in [-0.2, 0) is 12.8 Å². The molecule has 0 aromatic carbocycles. The highest BCUT2D eigenvalue weighted by molar-refractivity contribution is 7.17. The minimum atomic E-state index is -0.446. The highest BCUT2D eigenvalue weighted by Gasteiger charge is 2.28. The summed E-state index contributed by atoms with van der Waals surface area (Å²) in [6.07, 6.45) is 5.35. The Bertz CT molecular complexity index is 719. The van der Waals surface area contributed by atoms with Crippen molar-refractivity contribution in [1.82, 2.24) is 0 Å². The molecule has 122 valence electrons. The number of carbonyl (C=O) groups is 2. The molecule has 0 fully saturated rings. The van der Waals surface area contributed by atoms with Crippen molar-refractivity contribution in [3.63, 3.8) is 0 Å². The third-order valence-electron chi connectivity index (χ3n) is 4.28. The summed E-state index contributed by atoms with van der Waals surface area (Å²) in [6, 6.07) is 3.61. The van der Waals surface area contributed by atoms with Gasteiger partial charge in [-0.05, 0) is 42.2 Å². The van der Waals surface area contributed by atoms with Crippen LogP contribution in [0.4, 0.5) is 5.00 Å². The molecule has 6 heteroatoms. The Morgan fingerprint density at radius 1 is 1.43 bits per heavy atom. The summed E-state index contributed by atoms with van der Waals surface area (Å²) in [7, 11) is 0. The van der Waals surface area contributed by atoms with Crippen molar-refractivity contribution in [2.45, 2.75) is 39.0 Å². The molecule has 0 spiro atoms. The number of hydrogen-bond donors (Lipinski definition) is 2. The molecular weight excluding hydrogens is 328 g/mol. The molecule has 2 amide bonds. The van der Waals surface area contributed by atoms with Crippen molar-refractivity contribution >= 4 is 39.5 Å². The van der Waals surface area contributed by atoms with Gasteiger partial charge >= 0.3 is 0 Å². The Hall–Kier alpha value is -1.66. The molecule has 0 aliphatic heterocycles. The molecule has 2 heterocycles. The van der Waals surface area contributed by atoms with E-state index >= 15 is 0 Å². The third-order valence-corrected chi connectivity index (χ3v) is 6.32. The number of nitrogens with one attached hydrogen (secondary N) is 1. The SMILES string of the molecule is CCC[C@H]1CCc2c(sc(NC(=O)c3cccs3)c2C(N)=O)C1. The van der Waals surface area contributed by atoms with Crippen molar-refractivity contribution in [3.8, 4) is 0 Å². The third kappa shape index (κ3) is 3.33. The maximum absolute atomic E-state index is 12.3. The van der Waals surface area contributed by atoms with Gasteiger partial charge in [0.2, 0.25) is 0 Å². The minimum absolute atomic E-state index is 0.175. The molecule has 23 heavy (non-hydrogen) atoms. The van der Waals surface area contributed by atoms with E-state index in [-0.39, 0.29) is 5.91 Å². The molecular formula is C17H20N2O2S2. The monoisotopic (exact) mass is 348 g/mol. The van der Waals surface area contributed by atoms with Crippen molar-refractivity contribution in [2.24, 2.45) is 11.7 Å². The average Bonchev–Trinajstić information content (AvgIpc) is 3.14. The zero-order chi connectivity index (χ0) is 16.4. The van der Waals surface area contributed by atoms with E-state index in [9.17, 15) is 9.59 Å². The van der Waals surface area contributed by atoms with Crippen LogP contribution in [0.15, 0.2) is 17.5 Å². The van der Waals surface area contributed by atoms with Crippen LogP contribution in [0, 0.1) is 5.92 Å². The van der Waals surface area contributed by atoms with Crippen molar-refractivity contribution in [1.29, 1.82) is 0 Å². The normalized spacial score (nSPS) is 16.8. The second-order valence-corrected chi connectivity index (χ2v) is 7.95. The van der Waals surface area contributed by atoms with Crippen molar-refractivity contribution in [2.75, 3.05) is 5.32 Å². The Morgan fingerprint density at radius 2 is 2.26 bits per heavy atom. The first-order chi connectivity index (χ1) is 11.1. The fourth-order valence-electron chi connectivity index (χ4n) is 3.23. The number of thiophene rings is 2. The van der Waals surface area contributed by atoms with Gasteiger partial charge in [-0.3, -0.25) is 9.59 Å². The number of fused-ring (bicyclic) bond motifs is 1. The van der Waals surface area contributed by atoms with E-state index in [1.54, 1.807) is 6.07 Å². The predicted octanol–water partition coefficient (Wildman–Crippen LogP) is 4.07. The summed E-state index contributed by atoms with van der Waals surface area (Å²) >= 11 is 2.90. The number of rotatable bonds is 5. The van der Waals surface area contributed by atoms with Crippen LogP contribution in [0.3, 0.4) is 0 Å². The first-order valence-corrected chi connectivity index (χ1v) is 9.59. The molecule has 0 saturated carbocycles. The van der Waals surface area contributed by atoms with Crippen LogP contribution in [0.5, 0.6) is 0 Å². The van der Waals surface area contributed by atoms with Crippen LogP contribution in [0.2, 0.25) is 0 Å². The van der Waals surface area contributed by atoms with Gasteiger partial charge in [0, 0.05) is 4.88 Å². The molecule has 0 unspecified atom stereocenters. The van der Waals surface area contributed by atoms with Gasteiger partial charge < -0.3 is 11.1 Å². The van der Waals surface area contributed by atoms with E-state index in [4.69, 9.17) is 5.73 Å². The number of amides is 2. The number of hydrogen-bond acceptors (Lipinski definition) is 4. The Morgan fingerprint density at radius 3 is 2.91 bits per heavy atom. The molecule has 4 nitrogen and oxygen atoms in total. The lowest BCUT2D eigenvalue weighted by Gasteiger charge is -2.21. The fourth-order valence-corrected chi connectivity index (χ4v) is 5.21. The maximum Gasteiger partial charge on any atom is 0.266 e. The lowest BCUT2D eigenvalue weighted by molar-refractivity contribution is 0.1000. The second kappa shape index (κ2) is 6.84. The van der Waals surface area contributed by atoms with E-state index in [0.29, 0.717) is 21.4 Å². The van der Waals surface area contributed by atoms with E-state index in [2.05, 4.69) is 12.2 Å². The van der Waals surface area contributed by atoms with Gasteiger partial charge in [0.15, 0.2) is 0 Å². The predicted molar refractivity (Wildman–Crippen MR) is 95.5 cm³/mol. The topological polar surface area (TPSA) is 72.2 Å². The number of carbonyl (C=O) groups excluding carboxylic acids is 2. The summed E-state index contributed by atoms with van der Waals surface area (Å²) in [5, 5.41) is 5.36. The van der Waals surface area contributed by atoms with Gasteiger partial charge in [0.25, 0.3) is 11.8 Å². The van der Waals surface area contributed by atoms with E-state index < -0.39 is 5.91 Å². The van der Waals surface area contributed by atoms with Crippen LogP contribution in [0.1, 0.15) is 56.7 Å². The maximum atomic E-state index is 12.3. The summed E-state index contributed by atoms with van der Waals surface area (Å²) in [4.78, 5) is 26.0. The Labute approximate surface area is 143 Å². The van der Waals surface area contributed by atoms with E-state index in [1.807, 2.05) is 11.4 Å². The summed E-state index contributed by atoms with van der Waals surface area (Å²) < 4.78 is 0. The molecule has 1 atom stereocenters. The van der Waals surface area contributed by atoms with Gasteiger partial charge in [0.1, 0.15) is 5.00 Å². The smallest absolute Gasteiger partial charge is 0.266 e. The Kier molecular flexibility index (Phi) is 4.82. The van der Waals surface area contributed by atoms with Crippen molar-refractivity contribution in [3.05, 3.63) is 38.4 Å². The highest BCUT2D eigenvalue weighted by atomic mass is 32.1. The zero-order valence-electron chi connectivity index (χ0n) is 13.1. The van der Waals surface area contributed by atoms with Gasteiger partial charge in [-0.15, -0.1) is 22.7 Å². The molecule has 2 aromatic heterocycles. The van der Waals surface area contributed by atoms with Crippen molar-refractivity contribution < 1.29 is 9.59 Å². The molecule has 3 rings (SSSR count). The van der Waals surface area contributed by atoms with Gasteiger partial charge in [0.05, 0.1) is 10.4 Å². The molecule has 2 aromatic rings. The number of primary amides is 1. The highest BCUT2D eigenvalue weighted by Crippen LogP contribution is 2.40. The van der Waals surface area contributed by atoms with Gasteiger partial charge in [-0.1, -0.05) is 25.8 Å². The standard InChI is InChI=1S/C17H20N2O2S2/c1-2-4-10-6-7-11-13(9-10)23-17(14(11)15(18)20)19-16(21)12-5-3-8-22-12/h3,5,8,10H,2,4,6-7,9H2,1H3,(H2,18,20)(H,19,21)/t10-/m0/s1. The number of anilines is 1. The molecule has 0 bridgehead atoms. The van der Waals surface area contributed by atoms with Crippen LogP contribution < -0.4 is 11.1 Å². The lowest BCUT2D eigenvalue weighted by Crippen LogP contribution is -2.19. The summed E-state index contributed by atoms with van der Waals surface area (Å²) in [5.74, 6) is 0.0526. The zero-order valence-corrected chi connectivity index (χ0v) is 14.7. The fraction of sp³-hybridized carbons (Fsp3) is 0.412. The Balaban J connectivity index is 1.88. The molecule has 1 aliphatic rings. The van der Waals surface area contributed by atoms with Crippen LogP contribution in [-0.4, -0.2) is 11.8 Å². The second-order valence-electron chi connectivity index (χ2n) is 5.90. The first-order valence-electron chi connectivity index (χ1n) is 7.89. The largest absolute Gasteiger partial charge is 0.365 e.